The molecule has 2 N–H and O–H groups in total. The number of carbonyl (C=O) groups excluding carboxylic acids is 1. The maximum atomic E-state index is 11.4. The molecule has 1 aliphatic rings. The van der Waals surface area contributed by atoms with E-state index >= 15 is 0 Å². The number of nitrogens with one attached hydrogen (secondary N) is 1. The average Bonchev–Trinajstić information content (AvgIpc) is 2.77. The molecule has 1 saturated heterocycles. The minimum absolute atomic E-state index is 0.0225. The van der Waals surface area contributed by atoms with Crippen LogP contribution in [0.1, 0.15) is 38.5 Å². The van der Waals surface area contributed by atoms with Crippen LogP contribution in [0, 0.1) is 5.92 Å². The predicted octanol–water partition coefficient (Wildman–Crippen LogP) is 1.17. The van der Waals surface area contributed by atoms with E-state index < -0.39 is 5.97 Å². The van der Waals surface area contributed by atoms with Gasteiger partial charge in [0.05, 0.1) is 0 Å². The van der Waals surface area contributed by atoms with Crippen LogP contribution in [0.3, 0.4) is 0 Å². The van der Waals surface area contributed by atoms with Crippen LogP contribution in [0.2, 0.25) is 0 Å². The highest BCUT2D eigenvalue weighted by molar-refractivity contribution is 5.75. The lowest BCUT2D eigenvalue weighted by molar-refractivity contribution is -0.137. The van der Waals surface area contributed by atoms with E-state index in [1.54, 1.807) is 0 Å². The van der Waals surface area contributed by atoms with Gasteiger partial charge < -0.3 is 15.2 Å². The van der Waals surface area contributed by atoms with Crippen molar-refractivity contribution in [2.75, 3.05) is 19.8 Å². The molecule has 0 bridgehead atoms. The summed E-state index contributed by atoms with van der Waals surface area (Å²) < 4.78 is 5.25. The second-order valence-electron chi connectivity index (χ2n) is 4.47. The minimum Gasteiger partial charge on any atom is -0.481 e. The summed E-state index contributed by atoms with van der Waals surface area (Å²) in [6.45, 7) is 2.36. The fraction of sp³-hybridized carbons (Fsp3) is 0.833. The zero-order chi connectivity index (χ0) is 12.5. The van der Waals surface area contributed by atoms with Gasteiger partial charge in [0, 0.05) is 32.6 Å². The van der Waals surface area contributed by atoms with E-state index in [2.05, 4.69) is 5.32 Å². The first-order valence-electron chi connectivity index (χ1n) is 6.24. The lowest BCUT2D eigenvalue weighted by atomic mass is 10.1. The Morgan fingerprint density at radius 3 is 2.71 bits per heavy atom. The van der Waals surface area contributed by atoms with E-state index in [1.165, 1.54) is 0 Å². The molecule has 0 radical (unpaired) electrons. The van der Waals surface area contributed by atoms with Gasteiger partial charge in [-0.05, 0) is 31.6 Å². The number of carbonyl (C=O) groups is 2. The van der Waals surface area contributed by atoms with Gasteiger partial charge in [0.25, 0.3) is 0 Å². The fourth-order valence-corrected chi connectivity index (χ4v) is 1.88. The first-order chi connectivity index (χ1) is 8.18. The van der Waals surface area contributed by atoms with E-state index in [4.69, 9.17) is 9.84 Å². The van der Waals surface area contributed by atoms with Crippen molar-refractivity contribution < 1.29 is 19.4 Å². The van der Waals surface area contributed by atoms with Crippen LogP contribution in [0.15, 0.2) is 0 Å². The van der Waals surface area contributed by atoms with Crippen LogP contribution in [-0.4, -0.2) is 36.7 Å². The van der Waals surface area contributed by atoms with Crippen LogP contribution >= 0.6 is 0 Å². The second kappa shape index (κ2) is 8.06. The summed E-state index contributed by atoms with van der Waals surface area (Å²) in [7, 11) is 0. The number of amides is 1. The summed E-state index contributed by atoms with van der Waals surface area (Å²) in [4.78, 5) is 21.6. The molecule has 17 heavy (non-hydrogen) atoms. The number of hydrogen-bond acceptors (Lipinski definition) is 3. The number of rotatable bonds is 8. The molecule has 0 spiro atoms. The maximum absolute atomic E-state index is 11.4. The third-order valence-electron chi connectivity index (χ3n) is 2.94. The van der Waals surface area contributed by atoms with Gasteiger partial charge in [-0.2, -0.15) is 0 Å². The molecule has 1 aliphatic heterocycles. The van der Waals surface area contributed by atoms with Crippen molar-refractivity contribution >= 4 is 11.9 Å². The Morgan fingerprint density at radius 1 is 1.29 bits per heavy atom. The highest BCUT2D eigenvalue weighted by Crippen LogP contribution is 2.15. The van der Waals surface area contributed by atoms with Crippen LogP contribution in [0.5, 0.6) is 0 Å². The molecule has 1 atom stereocenters. The van der Waals surface area contributed by atoms with Gasteiger partial charge in [0.2, 0.25) is 5.91 Å². The zero-order valence-corrected chi connectivity index (χ0v) is 10.1. The number of carboxylic acid groups (broad SMARTS) is 1. The molecule has 1 rings (SSSR count). The SMILES string of the molecule is O=C(O)CCCCC(=O)NCCC1CCOC1. The number of hydrogen-bond donors (Lipinski definition) is 2. The summed E-state index contributed by atoms with van der Waals surface area (Å²) in [5.41, 5.74) is 0. The number of aliphatic carboxylic acids is 1. The summed E-state index contributed by atoms with van der Waals surface area (Å²) in [6.07, 6.45) is 3.85. The lowest BCUT2D eigenvalue weighted by Crippen LogP contribution is -2.25. The van der Waals surface area contributed by atoms with Crippen molar-refractivity contribution in [2.24, 2.45) is 5.92 Å². The van der Waals surface area contributed by atoms with E-state index in [9.17, 15) is 9.59 Å². The Hall–Kier alpha value is -1.10. The van der Waals surface area contributed by atoms with Gasteiger partial charge in [0.1, 0.15) is 0 Å². The predicted molar refractivity (Wildman–Crippen MR) is 62.7 cm³/mol. The summed E-state index contributed by atoms with van der Waals surface area (Å²) in [6, 6.07) is 0. The Bertz CT molecular complexity index is 249. The molecule has 1 heterocycles. The average molecular weight is 243 g/mol. The molecule has 0 aliphatic carbocycles. The number of ether oxygens (including phenoxy) is 1. The fourth-order valence-electron chi connectivity index (χ4n) is 1.88. The van der Waals surface area contributed by atoms with Crippen LogP contribution in [-0.2, 0) is 14.3 Å². The summed E-state index contributed by atoms with van der Waals surface area (Å²) in [5.74, 6) is -0.191. The molecule has 5 heteroatoms. The van der Waals surface area contributed by atoms with Crippen molar-refractivity contribution in [1.29, 1.82) is 0 Å². The van der Waals surface area contributed by atoms with Gasteiger partial charge in [-0.1, -0.05) is 0 Å². The molecule has 98 valence electrons. The lowest BCUT2D eigenvalue weighted by Gasteiger charge is -2.08. The number of carboxylic acids is 1. The van der Waals surface area contributed by atoms with Gasteiger partial charge in [-0.3, -0.25) is 9.59 Å². The molecule has 0 saturated carbocycles. The topological polar surface area (TPSA) is 75.6 Å². The van der Waals surface area contributed by atoms with Crippen LogP contribution in [0.25, 0.3) is 0 Å². The monoisotopic (exact) mass is 243 g/mol. The van der Waals surface area contributed by atoms with E-state index in [1.807, 2.05) is 0 Å². The molecule has 1 amide bonds. The number of unbranched alkanes of at least 4 members (excludes halogenated alkanes) is 1. The van der Waals surface area contributed by atoms with Gasteiger partial charge in [0.15, 0.2) is 0 Å². The smallest absolute Gasteiger partial charge is 0.303 e. The van der Waals surface area contributed by atoms with Crippen molar-refractivity contribution in [1.82, 2.24) is 5.32 Å². The van der Waals surface area contributed by atoms with Crippen LogP contribution in [0.4, 0.5) is 0 Å². The first kappa shape index (κ1) is 14.0. The van der Waals surface area contributed by atoms with Gasteiger partial charge >= 0.3 is 5.97 Å². The van der Waals surface area contributed by atoms with Gasteiger partial charge in [-0.25, -0.2) is 0 Å². The molecule has 0 aromatic carbocycles. The highest BCUT2D eigenvalue weighted by Gasteiger charge is 2.15. The molecule has 0 aromatic rings. The largest absolute Gasteiger partial charge is 0.481 e. The Kier molecular flexibility index (Phi) is 6.62. The molecular weight excluding hydrogens is 222 g/mol. The quantitative estimate of drug-likeness (QED) is 0.627. The Morgan fingerprint density at radius 2 is 2.06 bits per heavy atom. The normalized spacial score (nSPS) is 19.2. The first-order valence-corrected chi connectivity index (χ1v) is 6.24. The Labute approximate surface area is 102 Å². The van der Waals surface area contributed by atoms with E-state index in [0.29, 0.717) is 31.7 Å². The van der Waals surface area contributed by atoms with E-state index in [0.717, 1.165) is 26.1 Å². The minimum atomic E-state index is -0.799. The van der Waals surface area contributed by atoms with E-state index in [-0.39, 0.29) is 12.3 Å². The van der Waals surface area contributed by atoms with Crippen molar-refractivity contribution in [3.8, 4) is 0 Å². The molecular formula is C12H21NO4. The summed E-state index contributed by atoms with van der Waals surface area (Å²) in [5, 5.41) is 11.3. The van der Waals surface area contributed by atoms with Crippen molar-refractivity contribution in [3.05, 3.63) is 0 Å². The molecule has 0 aromatic heterocycles. The van der Waals surface area contributed by atoms with Gasteiger partial charge in [-0.15, -0.1) is 0 Å². The Balaban J connectivity index is 1.91. The second-order valence-corrected chi connectivity index (χ2v) is 4.47. The summed E-state index contributed by atoms with van der Waals surface area (Å²) >= 11 is 0. The zero-order valence-electron chi connectivity index (χ0n) is 10.1. The third kappa shape index (κ3) is 6.94. The highest BCUT2D eigenvalue weighted by atomic mass is 16.5. The molecule has 1 unspecified atom stereocenters. The standard InChI is InChI=1S/C12H21NO4/c14-11(3-1-2-4-12(15)16)13-7-5-10-6-8-17-9-10/h10H,1-9H2,(H,13,14)(H,15,16). The molecule has 5 nitrogen and oxygen atoms in total. The van der Waals surface area contributed by atoms with Crippen LogP contribution < -0.4 is 5.32 Å². The van der Waals surface area contributed by atoms with Crippen molar-refractivity contribution in [2.45, 2.75) is 38.5 Å². The third-order valence-corrected chi connectivity index (χ3v) is 2.94. The molecule has 1 fully saturated rings. The maximum Gasteiger partial charge on any atom is 0.303 e. The van der Waals surface area contributed by atoms with Crippen molar-refractivity contribution in [3.63, 3.8) is 0 Å².